The van der Waals surface area contributed by atoms with E-state index in [9.17, 15) is 0 Å². The Morgan fingerprint density at radius 1 is 1.15 bits per heavy atom. The van der Waals surface area contributed by atoms with Crippen molar-refractivity contribution in [2.24, 2.45) is 10.8 Å². The maximum Gasteiger partial charge on any atom is 1.00 e. The van der Waals surface area contributed by atoms with Gasteiger partial charge in [0.25, 0.3) is 0 Å². The van der Waals surface area contributed by atoms with E-state index in [1.54, 1.807) is 0 Å². The molecule has 0 rings (SSSR count). The van der Waals surface area contributed by atoms with Gasteiger partial charge >= 0.3 is 59.1 Å². The molecule has 0 aliphatic rings. The molecular weight excluding hydrogens is 373 g/mol. The zero-order chi connectivity index (χ0) is 15.7. The Kier molecular flexibility index (Phi) is 394. The number of hydrogen-bond acceptors (Lipinski definition) is 4. The van der Waals surface area contributed by atoms with E-state index in [1.165, 1.54) is 25.4 Å². The minimum Gasteiger partial charge on any atom is -1.00 e. The summed E-state index contributed by atoms with van der Waals surface area (Å²) in [7, 11) is 11.2. The molecule has 0 spiro atoms. The predicted octanol–water partition coefficient (Wildman–Crippen LogP) is -3.39. The van der Waals surface area contributed by atoms with Crippen molar-refractivity contribution >= 4 is 50.6 Å². The number of rotatable bonds is 0. The first-order valence-electron chi connectivity index (χ1n) is 3.13. The van der Waals surface area contributed by atoms with Crippen LogP contribution >= 0.6 is 33.0 Å². The summed E-state index contributed by atoms with van der Waals surface area (Å²) in [4.78, 5) is 3.86. The predicted molar refractivity (Wildman–Crippen MR) is 81.9 cm³/mol. The largest absolute Gasteiger partial charge is 1.00 e. The van der Waals surface area contributed by atoms with Gasteiger partial charge in [-0.2, -0.15) is 0 Å². The molecule has 0 aromatic carbocycles. The number of nitrogens with two attached hydrogens (primary N) is 1. The van der Waals surface area contributed by atoms with Crippen molar-refractivity contribution in [2.75, 3.05) is 27.6 Å². The normalized spacial score (nSPS) is 3.90. The Balaban J connectivity index is -0.00000000855. The molecule has 0 saturated heterocycles. The van der Waals surface area contributed by atoms with Gasteiger partial charge in [0.15, 0.2) is 0 Å². The summed E-state index contributed by atoms with van der Waals surface area (Å²) in [6.07, 6.45) is 1.47. The fourth-order valence-electron chi connectivity index (χ4n) is 0. The number of aliphatic hydroxyl groups is 1. The molecule has 0 aromatic rings. The van der Waals surface area contributed by atoms with Crippen LogP contribution in [0.5, 0.6) is 0 Å². The Bertz CT molecular complexity index is 201. The average molecular weight is 389 g/mol. The topological polar surface area (TPSA) is 171 Å². The number of hydrogen-bond donors (Lipinski definition) is 2. The molecular formula is C4H16BCl3N7Na2O2S. The van der Waals surface area contributed by atoms with E-state index in [0.29, 0.717) is 0 Å². The molecule has 0 unspecified atom stereocenters. The Morgan fingerprint density at radius 2 is 1.20 bits per heavy atom. The number of nitrogens with zero attached hydrogens (tertiary/aromatic N) is 6. The molecule has 0 heterocycles. The number of aliphatic hydroxyl groups excluding tert-OH is 1. The second-order valence-corrected chi connectivity index (χ2v) is 3.09. The van der Waals surface area contributed by atoms with Gasteiger partial charge in [-0.05, 0) is 12.6 Å². The molecule has 16 heteroatoms. The van der Waals surface area contributed by atoms with Gasteiger partial charge in [0.1, 0.15) is 0 Å². The fraction of sp³-hybridized carbons (Fsp3) is 1.00. The molecule has 9 nitrogen and oxygen atoms in total. The third-order valence-corrected chi connectivity index (χ3v) is 0.0894. The summed E-state index contributed by atoms with van der Waals surface area (Å²) in [5.41, 5.74) is 25.3. The van der Waals surface area contributed by atoms with E-state index >= 15 is 0 Å². The minimum atomic E-state index is -1.67. The van der Waals surface area contributed by atoms with Crippen LogP contribution in [0.4, 0.5) is 0 Å². The van der Waals surface area contributed by atoms with Gasteiger partial charge in [-0.25, -0.2) is 4.21 Å². The molecule has 3 radical (unpaired) electrons. The number of alkyl halides is 1. The third kappa shape index (κ3) is 988. The van der Waals surface area contributed by atoms with Crippen LogP contribution in [0.3, 0.4) is 0 Å². The smallest absolute Gasteiger partial charge is 1.00 e. The molecule has 0 aromatic heterocycles. The molecule has 0 fully saturated rings. The molecule has 0 bridgehead atoms. The molecule has 0 aliphatic carbocycles. The van der Waals surface area contributed by atoms with Crippen LogP contribution in [0.15, 0.2) is 5.11 Å². The zero-order valence-corrected chi connectivity index (χ0v) is 19.3. The average Bonchev–Trinajstić information content (AvgIpc) is 2.36. The van der Waals surface area contributed by atoms with Crippen molar-refractivity contribution in [1.82, 2.24) is 0 Å². The summed E-state index contributed by atoms with van der Waals surface area (Å²) in [5.74, 6) is 0. The Hall–Kier alpha value is 1.62. The van der Waals surface area contributed by atoms with Crippen LogP contribution in [-0.2, 0) is 9.23 Å². The Labute approximate surface area is 183 Å². The van der Waals surface area contributed by atoms with E-state index < -0.39 is 9.23 Å². The quantitative estimate of drug-likeness (QED) is 0.110. The van der Waals surface area contributed by atoms with Gasteiger partial charge in [-0.1, -0.05) is 5.11 Å². The van der Waals surface area contributed by atoms with Crippen molar-refractivity contribution in [1.29, 1.82) is 0 Å². The van der Waals surface area contributed by atoms with Crippen molar-refractivity contribution in [2.45, 2.75) is 0 Å². The monoisotopic (exact) mass is 388 g/mol. The molecule has 20 heavy (non-hydrogen) atoms. The van der Waals surface area contributed by atoms with Crippen molar-refractivity contribution in [3.8, 4) is 0 Å². The maximum atomic E-state index is 9.09. The van der Waals surface area contributed by atoms with E-state index in [-0.39, 0.29) is 69.0 Å². The number of halogens is 3. The van der Waals surface area contributed by atoms with Crippen LogP contribution in [0.1, 0.15) is 1.43 Å². The van der Waals surface area contributed by atoms with Crippen LogP contribution in [-0.4, -0.2) is 45.3 Å². The summed E-state index contributed by atoms with van der Waals surface area (Å²) >= 11 is 4.64. The first kappa shape index (κ1) is 57.7. The van der Waals surface area contributed by atoms with Crippen LogP contribution in [0.2, 0.25) is 0 Å². The van der Waals surface area contributed by atoms with Gasteiger partial charge in [-0.15, -0.1) is 11.6 Å². The van der Waals surface area contributed by atoms with Gasteiger partial charge in [0.2, 0.25) is 9.23 Å². The summed E-state index contributed by atoms with van der Waals surface area (Å²) in [6, 6.07) is 0. The minimum absolute atomic E-state index is 0. The molecule has 0 saturated carbocycles. The second kappa shape index (κ2) is 137. The maximum absolute atomic E-state index is 9.09. The first-order chi connectivity index (χ1) is 8.06. The summed E-state index contributed by atoms with van der Waals surface area (Å²) in [6.45, 7) is 0. The van der Waals surface area contributed by atoms with Gasteiger partial charge in [0.05, 0.1) is 0 Å². The summed E-state index contributed by atoms with van der Waals surface area (Å²) < 4.78 is 9.09. The standard InChI is InChI=1S/CH3Cl.CH3N3.CH5N.CH4O.B.Cl2OS.N3.2Na.H/c1-2;1-3-4-2;2*1-2;;1-4(2)3;1-3-2;;;/h1H3;1H3;2H2,1H3;2H,1H3;;;;;;/q;;;;;;-1;2*+1;-1. The molecule has 0 atom stereocenters. The van der Waals surface area contributed by atoms with Crippen molar-refractivity contribution < 1.29 is 69.9 Å². The van der Waals surface area contributed by atoms with Crippen LogP contribution < -0.4 is 64.8 Å². The van der Waals surface area contributed by atoms with E-state index in [2.05, 4.69) is 48.7 Å². The van der Waals surface area contributed by atoms with Crippen molar-refractivity contribution in [3.63, 3.8) is 0 Å². The molecule has 3 N–H and O–H groups in total. The van der Waals surface area contributed by atoms with Gasteiger partial charge in [0, 0.05) is 55.2 Å². The zero-order valence-electron chi connectivity index (χ0n) is 13.2. The van der Waals surface area contributed by atoms with Crippen molar-refractivity contribution in [3.05, 3.63) is 26.4 Å². The van der Waals surface area contributed by atoms with E-state index in [1.807, 2.05) is 0 Å². The first-order valence-corrected chi connectivity index (χ1v) is 6.68. The second-order valence-electron chi connectivity index (χ2n) is 0.563. The molecule has 0 amide bonds. The summed E-state index contributed by atoms with van der Waals surface area (Å²) in [5, 5.41) is 9.92. The van der Waals surface area contributed by atoms with Crippen LogP contribution in [0, 0.1) is 0 Å². The Morgan fingerprint density at radius 3 is 1.20 bits per heavy atom. The van der Waals surface area contributed by atoms with E-state index in [0.717, 1.165) is 7.11 Å². The molecule has 111 valence electrons. The van der Waals surface area contributed by atoms with Gasteiger partial charge in [-0.3, -0.25) is 4.91 Å². The molecule has 0 aliphatic heterocycles. The number of azide groups is 1. The fourth-order valence-corrected chi connectivity index (χ4v) is 0. The SMILES string of the molecule is CCl.CN.CN=[N+]=[N-].CO.O=S(Cl)Cl.[B].[H-].[N-]=[N+]=[N-].[Na+].[Na+]. The van der Waals surface area contributed by atoms with Gasteiger partial charge < -0.3 is 23.3 Å². The van der Waals surface area contributed by atoms with Crippen LogP contribution in [0.25, 0.3) is 26.4 Å². The third-order valence-electron chi connectivity index (χ3n) is 0.0894. The van der Waals surface area contributed by atoms with E-state index in [4.69, 9.17) is 25.9 Å².